The number of carbonyl (C=O) groups is 1. The smallest absolute Gasteiger partial charge is 0.161 e. The number of ketones is 1. The van der Waals surface area contributed by atoms with Crippen LogP contribution >= 0.6 is 0 Å². The van der Waals surface area contributed by atoms with E-state index in [4.69, 9.17) is 4.74 Å². The van der Waals surface area contributed by atoms with E-state index in [-0.39, 0.29) is 5.78 Å². The summed E-state index contributed by atoms with van der Waals surface area (Å²) in [6.07, 6.45) is 0.892. The third-order valence-corrected chi connectivity index (χ3v) is 2.47. The summed E-state index contributed by atoms with van der Waals surface area (Å²) in [5.41, 5.74) is 4.04. The van der Waals surface area contributed by atoms with Crippen molar-refractivity contribution < 1.29 is 9.53 Å². The first-order valence-corrected chi connectivity index (χ1v) is 4.49. The lowest BCUT2D eigenvalue weighted by atomic mass is 10.0. The molecule has 13 heavy (non-hydrogen) atoms. The Hall–Kier alpha value is -1.09. The van der Waals surface area contributed by atoms with E-state index in [0.29, 0.717) is 6.61 Å². The Bertz CT molecular complexity index is 352. The minimum atomic E-state index is 0.125. The van der Waals surface area contributed by atoms with Crippen molar-refractivity contribution in [2.24, 2.45) is 0 Å². The van der Waals surface area contributed by atoms with Gasteiger partial charge in [0.15, 0.2) is 5.78 Å². The van der Waals surface area contributed by atoms with E-state index in [1.165, 1.54) is 5.69 Å². The molecule has 0 atom stereocenters. The largest absolute Gasteiger partial charge is 0.376 e. The minimum absolute atomic E-state index is 0.125. The molecule has 3 nitrogen and oxygen atoms in total. The molecule has 0 aromatic carbocycles. The molecule has 0 fully saturated rings. The van der Waals surface area contributed by atoms with Gasteiger partial charge in [0.05, 0.1) is 13.2 Å². The maximum absolute atomic E-state index is 11.3. The number of hydrogen-bond acceptors (Lipinski definition) is 2. The van der Waals surface area contributed by atoms with E-state index in [1.54, 1.807) is 6.92 Å². The second-order valence-corrected chi connectivity index (χ2v) is 3.44. The normalized spacial score (nSPS) is 15.5. The highest BCUT2D eigenvalue weighted by Crippen LogP contribution is 2.23. The van der Waals surface area contributed by atoms with Crippen molar-refractivity contribution in [3.63, 3.8) is 0 Å². The summed E-state index contributed by atoms with van der Waals surface area (Å²) in [5, 5.41) is 0. The molecule has 1 N–H and O–H groups in total. The summed E-state index contributed by atoms with van der Waals surface area (Å²) in [5.74, 6) is 0.125. The van der Waals surface area contributed by atoms with Gasteiger partial charge < -0.3 is 9.72 Å². The number of carbonyl (C=O) groups excluding carboxylic acids is 1. The van der Waals surface area contributed by atoms with E-state index in [1.807, 2.05) is 6.92 Å². The van der Waals surface area contributed by atoms with E-state index >= 15 is 0 Å². The molecule has 0 spiro atoms. The quantitative estimate of drug-likeness (QED) is 0.665. The highest BCUT2D eigenvalue weighted by molar-refractivity contribution is 5.97. The number of Topliss-reactive ketones (excluding diaryl/α,β-unsaturated/α-hetero) is 1. The van der Waals surface area contributed by atoms with Crippen LogP contribution in [0.4, 0.5) is 0 Å². The number of rotatable bonds is 1. The first-order valence-electron chi connectivity index (χ1n) is 4.49. The summed E-state index contributed by atoms with van der Waals surface area (Å²) in [4.78, 5) is 14.6. The Morgan fingerprint density at radius 1 is 1.54 bits per heavy atom. The molecule has 2 rings (SSSR count). The second-order valence-electron chi connectivity index (χ2n) is 3.44. The van der Waals surface area contributed by atoms with Gasteiger partial charge in [-0.05, 0) is 13.8 Å². The van der Waals surface area contributed by atoms with E-state index in [2.05, 4.69) is 4.98 Å². The number of aryl methyl sites for hydroxylation is 1. The topological polar surface area (TPSA) is 42.1 Å². The number of fused-ring (bicyclic) bond motifs is 1. The molecule has 0 aliphatic carbocycles. The fourth-order valence-corrected chi connectivity index (χ4v) is 1.94. The fourth-order valence-electron chi connectivity index (χ4n) is 1.94. The van der Waals surface area contributed by atoms with E-state index < -0.39 is 0 Å². The predicted octanol–water partition coefficient (Wildman–Crippen LogP) is 1.60. The van der Waals surface area contributed by atoms with Crippen LogP contribution in [0.15, 0.2) is 0 Å². The average molecular weight is 179 g/mol. The predicted molar refractivity (Wildman–Crippen MR) is 48.9 cm³/mol. The van der Waals surface area contributed by atoms with Crippen LogP contribution in [0.2, 0.25) is 0 Å². The van der Waals surface area contributed by atoms with Crippen molar-refractivity contribution in [1.82, 2.24) is 4.98 Å². The number of H-pyrrole nitrogens is 1. The van der Waals surface area contributed by atoms with Crippen molar-refractivity contribution >= 4 is 5.78 Å². The summed E-state index contributed by atoms with van der Waals surface area (Å²) >= 11 is 0. The number of aromatic nitrogens is 1. The van der Waals surface area contributed by atoms with Gasteiger partial charge in [-0.25, -0.2) is 0 Å². The Kier molecular flexibility index (Phi) is 1.96. The van der Waals surface area contributed by atoms with Crippen molar-refractivity contribution in [2.75, 3.05) is 6.61 Å². The molecular formula is C10H13NO2. The summed E-state index contributed by atoms with van der Waals surface area (Å²) in [6.45, 7) is 4.87. The lowest BCUT2D eigenvalue weighted by molar-refractivity contribution is 0.0980. The van der Waals surface area contributed by atoms with Gasteiger partial charge in [-0.2, -0.15) is 0 Å². The molecule has 1 aliphatic heterocycles. The summed E-state index contributed by atoms with van der Waals surface area (Å²) in [7, 11) is 0. The van der Waals surface area contributed by atoms with Crippen LogP contribution in [0, 0.1) is 6.92 Å². The molecule has 1 aliphatic rings. The molecule has 0 bridgehead atoms. The van der Waals surface area contributed by atoms with Gasteiger partial charge in [-0.1, -0.05) is 0 Å². The third kappa shape index (κ3) is 1.29. The SMILES string of the molecule is CC(=O)c1c(C)[nH]c2c1COCC2. The van der Waals surface area contributed by atoms with Crippen LogP contribution in [0.1, 0.15) is 34.2 Å². The Morgan fingerprint density at radius 2 is 2.31 bits per heavy atom. The molecule has 1 aromatic heterocycles. The van der Waals surface area contributed by atoms with Crippen LogP contribution in [-0.2, 0) is 17.8 Å². The van der Waals surface area contributed by atoms with Crippen LogP contribution in [0.25, 0.3) is 0 Å². The van der Waals surface area contributed by atoms with Gasteiger partial charge in [0.25, 0.3) is 0 Å². The molecule has 0 radical (unpaired) electrons. The second kappa shape index (κ2) is 3.00. The number of hydrogen-bond donors (Lipinski definition) is 1. The molecule has 0 amide bonds. The monoisotopic (exact) mass is 179 g/mol. The number of ether oxygens (including phenoxy) is 1. The van der Waals surface area contributed by atoms with Crippen molar-refractivity contribution in [1.29, 1.82) is 0 Å². The summed E-state index contributed by atoms with van der Waals surface area (Å²) < 4.78 is 5.33. The molecule has 3 heteroatoms. The Labute approximate surface area is 77.1 Å². The highest BCUT2D eigenvalue weighted by Gasteiger charge is 2.20. The zero-order chi connectivity index (χ0) is 9.42. The lowest BCUT2D eigenvalue weighted by Crippen LogP contribution is -2.10. The van der Waals surface area contributed by atoms with Crippen molar-refractivity contribution in [3.05, 3.63) is 22.5 Å². The summed E-state index contributed by atoms with van der Waals surface area (Å²) in [6, 6.07) is 0. The standard InChI is InChI=1S/C10H13NO2/c1-6-10(7(2)12)8-5-13-4-3-9(8)11-6/h11H,3-5H2,1-2H3. The van der Waals surface area contributed by atoms with Crippen LogP contribution in [0.5, 0.6) is 0 Å². The Balaban J connectivity index is 2.54. The van der Waals surface area contributed by atoms with Gasteiger partial charge in [0, 0.05) is 28.9 Å². The highest BCUT2D eigenvalue weighted by atomic mass is 16.5. The molecule has 0 saturated carbocycles. The number of aromatic amines is 1. The molecule has 0 unspecified atom stereocenters. The van der Waals surface area contributed by atoms with E-state index in [0.717, 1.165) is 29.8 Å². The van der Waals surface area contributed by atoms with Crippen LogP contribution < -0.4 is 0 Å². The van der Waals surface area contributed by atoms with Crippen molar-refractivity contribution in [2.45, 2.75) is 26.9 Å². The molecule has 70 valence electrons. The minimum Gasteiger partial charge on any atom is -0.376 e. The van der Waals surface area contributed by atoms with Crippen LogP contribution in [0.3, 0.4) is 0 Å². The molecule has 0 saturated heterocycles. The van der Waals surface area contributed by atoms with Crippen molar-refractivity contribution in [3.8, 4) is 0 Å². The zero-order valence-corrected chi connectivity index (χ0v) is 7.94. The number of nitrogens with one attached hydrogen (secondary N) is 1. The van der Waals surface area contributed by atoms with Gasteiger partial charge in [-0.3, -0.25) is 4.79 Å². The maximum Gasteiger partial charge on any atom is 0.161 e. The van der Waals surface area contributed by atoms with Gasteiger partial charge in [0.1, 0.15) is 0 Å². The Morgan fingerprint density at radius 3 is 3.00 bits per heavy atom. The molecule has 1 aromatic rings. The van der Waals surface area contributed by atoms with Crippen LogP contribution in [-0.4, -0.2) is 17.4 Å². The third-order valence-electron chi connectivity index (χ3n) is 2.47. The first-order chi connectivity index (χ1) is 6.20. The fraction of sp³-hybridized carbons (Fsp3) is 0.500. The van der Waals surface area contributed by atoms with Gasteiger partial charge in [0.2, 0.25) is 0 Å². The average Bonchev–Trinajstić information content (AvgIpc) is 2.39. The lowest BCUT2D eigenvalue weighted by Gasteiger charge is -2.12. The maximum atomic E-state index is 11.3. The zero-order valence-electron chi connectivity index (χ0n) is 7.94. The first kappa shape index (κ1) is 8.51. The van der Waals surface area contributed by atoms with E-state index in [9.17, 15) is 4.79 Å². The molecular weight excluding hydrogens is 166 g/mol. The van der Waals surface area contributed by atoms with Gasteiger partial charge in [-0.15, -0.1) is 0 Å². The molecule has 2 heterocycles. The van der Waals surface area contributed by atoms with Gasteiger partial charge >= 0.3 is 0 Å².